The molecule has 4 heteroatoms. The number of Topliss-reactive ketones (excluding diaryl/α,β-unsaturated/α-hetero) is 1. The molecule has 0 fully saturated rings. The van der Waals surface area contributed by atoms with Crippen molar-refractivity contribution in [2.24, 2.45) is 0 Å². The Bertz CT molecular complexity index is 325. The number of rotatable bonds is 3. The van der Waals surface area contributed by atoms with E-state index < -0.39 is 0 Å². The lowest BCUT2D eigenvalue weighted by atomic mass is 10.2. The fourth-order valence-electron chi connectivity index (χ4n) is 0.818. The third kappa shape index (κ3) is 3.55. The molecular weight excluding hydrogens is 198 g/mol. The van der Waals surface area contributed by atoms with Crippen molar-refractivity contribution in [1.82, 2.24) is 4.98 Å². The van der Waals surface area contributed by atoms with E-state index in [0.29, 0.717) is 11.5 Å². The molecule has 0 atom stereocenters. The molecule has 0 amide bonds. The van der Waals surface area contributed by atoms with Crippen LogP contribution < -0.4 is 0 Å². The smallest absolute Gasteiger partial charge is 0.171 e. The highest BCUT2D eigenvalue weighted by atomic mass is 32.1. The summed E-state index contributed by atoms with van der Waals surface area (Å²) in [6.07, 6.45) is 1.61. The van der Waals surface area contributed by atoms with E-state index >= 15 is 0 Å². The molecule has 0 aliphatic carbocycles. The van der Waals surface area contributed by atoms with Gasteiger partial charge >= 0.3 is 0 Å². The Labute approximate surface area is 88.1 Å². The van der Waals surface area contributed by atoms with Crippen LogP contribution in [0.4, 0.5) is 0 Å². The molecule has 0 radical (unpaired) electrons. The summed E-state index contributed by atoms with van der Waals surface area (Å²) in [5.74, 6) is 0.0597. The van der Waals surface area contributed by atoms with E-state index in [1.54, 1.807) is 13.1 Å². The van der Waals surface area contributed by atoms with E-state index in [0.717, 1.165) is 5.01 Å². The third-order valence-electron chi connectivity index (χ3n) is 1.53. The van der Waals surface area contributed by atoms with Gasteiger partial charge in [0.15, 0.2) is 5.78 Å². The highest BCUT2D eigenvalue weighted by Gasteiger charge is 2.12. The monoisotopic (exact) mass is 213 g/mol. The molecule has 14 heavy (non-hydrogen) atoms. The quantitative estimate of drug-likeness (QED) is 0.725. The number of hydrogen-bond acceptors (Lipinski definition) is 4. The molecule has 1 rings (SSSR count). The third-order valence-corrected chi connectivity index (χ3v) is 2.60. The zero-order valence-corrected chi connectivity index (χ0v) is 9.77. The molecule has 1 heterocycles. The standard InChI is InChI=1S/C10H15NO2S/c1-7(12)8-5-11-9(14-8)6-13-10(2,3)4/h5H,6H2,1-4H3. The second kappa shape index (κ2) is 4.19. The van der Waals surface area contributed by atoms with Crippen molar-refractivity contribution in [3.63, 3.8) is 0 Å². The first-order valence-electron chi connectivity index (χ1n) is 4.48. The summed E-state index contributed by atoms with van der Waals surface area (Å²) >= 11 is 1.40. The van der Waals surface area contributed by atoms with E-state index in [2.05, 4.69) is 4.98 Å². The fourth-order valence-corrected chi connectivity index (χ4v) is 1.54. The molecule has 0 saturated carbocycles. The molecule has 3 nitrogen and oxygen atoms in total. The van der Waals surface area contributed by atoms with Crippen molar-refractivity contribution in [1.29, 1.82) is 0 Å². The van der Waals surface area contributed by atoms with Crippen LogP contribution >= 0.6 is 11.3 Å². The number of aromatic nitrogens is 1. The molecular formula is C10H15NO2S. The molecule has 0 unspecified atom stereocenters. The van der Waals surface area contributed by atoms with Crippen molar-refractivity contribution in [3.8, 4) is 0 Å². The van der Waals surface area contributed by atoms with Gasteiger partial charge in [0.05, 0.1) is 17.1 Å². The van der Waals surface area contributed by atoms with E-state index in [9.17, 15) is 4.79 Å². The topological polar surface area (TPSA) is 39.2 Å². The van der Waals surface area contributed by atoms with Crippen LogP contribution in [0, 0.1) is 0 Å². The summed E-state index contributed by atoms with van der Waals surface area (Å²) in [6.45, 7) is 7.99. The second-order valence-corrected chi connectivity index (χ2v) is 5.19. The minimum Gasteiger partial charge on any atom is -0.369 e. The highest BCUT2D eigenvalue weighted by Crippen LogP contribution is 2.17. The SMILES string of the molecule is CC(=O)c1cnc(COC(C)(C)C)s1. The minimum absolute atomic E-state index is 0.0597. The Morgan fingerprint density at radius 2 is 2.21 bits per heavy atom. The van der Waals surface area contributed by atoms with Crippen LogP contribution in [0.25, 0.3) is 0 Å². The molecule has 78 valence electrons. The Morgan fingerprint density at radius 3 is 2.64 bits per heavy atom. The van der Waals surface area contributed by atoms with Crippen molar-refractivity contribution in [2.75, 3.05) is 0 Å². The first kappa shape index (κ1) is 11.3. The van der Waals surface area contributed by atoms with Crippen LogP contribution in [-0.4, -0.2) is 16.4 Å². The number of ether oxygens (including phenoxy) is 1. The van der Waals surface area contributed by atoms with Gasteiger partial charge < -0.3 is 4.74 Å². The van der Waals surface area contributed by atoms with E-state index in [4.69, 9.17) is 4.74 Å². The summed E-state index contributed by atoms with van der Waals surface area (Å²) < 4.78 is 5.55. The van der Waals surface area contributed by atoms with Crippen LogP contribution in [0.3, 0.4) is 0 Å². The summed E-state index contributed by atoms with van der Waals surface area (Å²) in [7, 11) is 0. The van der Waals surface area contributed by atoms with Crippen LogP contribution in [0.5, 0.6) is 0 Å². The Balaban J connectivity index is 2.56. The average Bonchev–Trinajstić information content (AvgIpc) is 2.47. The molecule has 0 aliphatic heterocycles. The van der Waals surface area contributed by atoms with Gasteiger partial charge in [-0.05, 0) is 20.8 Å². The number of carbonyl (C=O) groups is 1. The van der Waals surface area contributed by atoms with Crippen molar-refractivity contribution in [3.05, 3.63) is 16.1 Å². The first-order valence-corrected chi connectivity index (χ1v) is 5.30. The summed E-state index contributed by atoms with van der Waals surface area (Å²) in [5, 5.41) is 0.852. The lowest BCUT2D eigenvalue weighted by Crippen LogP contribution is -2.18. The number of carbonyl (C=O) groups excluding carboxylic acids is 1. The molecule has 0 N–H and O–H groups in total. The predicted molar refractivity (Wildman–Crippen MR) is 56.7 cm³/mol. The van der Waals surface area contributed by atoms with Crippen LogP contribution in [-0.2, 0) is 11.3 Å². The zero-order valence-electron chi connectivity index (χ0n) is 8.96. The predicted octanol–water partition coefficient (Wildman–Crippen LogP) is 2.66. The van der Waals surface area contributed by atoms with Gasteiger partial charge in [0.2, 0.25) is 0 Å². The van der Waals surface area contributed by atoms with Crippen molar-refractivity contribution >= 4 is 17.1 Å². The number of thiazole rings is 1. The lowest BCUT2D eigenvalue weighted by Gasteiger charge is -2.18. The molecule has 0 aromatic carbocycles. The van der Waals surface area contributed by atoms with Gasteiger partial charge in [0.1, 0.15) is 5.01 Å². The van der Waals surface area contributed by atoms with E-state index in [1.165, 1.54) is 11.3 Å². The maximum atomic E-state index is 11.0. The van der Waals surface area contributed by atoms with Crippen molar-refractivity contribution < 1.29 is 9.53 Å². The van der Waals surface area contributed by atoms with Crippen molar-refractivity contribution in [2.45, 2.75) is 39.9 Å². The molecule has 1 aromatic rings. The maximum absolute atomic E-state index is 11.0. The lowest BCUT2D eigenvalue weighted by molar-refractivity contribution is -0.0150. The molecule has 0 bridgehead atoms. The van der Waals surface area contributed by atoms with Crippen LogP contribution in [0.2, 0.25) is 0 Å². The summed E-state index contributed by atoms with van der Waals surface area (Å²) in [4.78, 5) is 15.8. The van der Waals surface area contributed by atoms with Gasteiger partial charge in [-0.15, -0.1) is 11.3 Å². The fraction of sp³-hybridized carbons (Fsp3) is 0.600. The van der Waals surface area contributed by atoms with Gasteiger partial charge in [-0.1, -0.05) is 0 Å². The minimum atomic E-state index is -0.165. The number of nitrogens with zero attached hydrogens (tertiary/aromatic N) is 1. The van der Waals surface area contributed by atoms with Gasteiger partial charge in [-0.3, -0.25) is 4.79 Å². The summed E-state index contributed by atoms with van der Waals surface area (Å²) in [6, 6.07) is 0. The molecule has 0 spiro atoms. The normalized spacial score (nSPS) is 11.7. The number of ketones is 1. The summed E-state index contributed by atoms with van der Waals surface area (Å²) in [5.41, 5.74) is -0.165. The Kier molecular flexibility index (Phi) is 3.39. The largest absolute Gasteiger partial charge is 0.369 e. The van der Waals surface area contributed by atoms with Gasteiger partial charge in [0, 0.05) is 13.1 Å². The molecule has 1 aromatic heterocycles. The highest BCUT2D eigenvalue weighted by molar-refractivity contribution is 7.13. The molecule has 0 aliphatic rings. The maximum Gasteiger partial charge on any atom is 0.171 e. The Hall–Kier alpha value is -0.740. The molecule has 0 saturated heterocycles. The zero-order chi connectivity index (χ0) is 10.8. The van der Waals surface area contributed by atoms with Gasteiger partial charge in [-0.2, -0.15) is 0 Å². The average molecular weight is 213 g/mol. The van der Waals surface area contributed by atoms with E-state index in [-0.39, 0.29) is 11.4 Å². The first-order chi connectivity index (χ1) is 6.38. The van der Waals surface area contributed by atoms with Gasteiger partial charge in [0.25, 0.3) is 0 Å². The van der Waals surface area contributed by atoms with Crippen LogP contribution in [0.1, 0.15) is 42.4 Å². The Morgan fingerprint density at radius 1 is 1.57 bits per heavy atom. The van der Waals surface area contributed by atoms with E-state index in [1.807, 2.05) is 20.8 Å². The number of hydrogen-bond donors (Lipinski definition) is 0. The van der Waals surface area contributed by atoms with Crippen LogP contribution in [0.15, 0.2) is 6.20 Å². The second-order valence-electron chi connectivity index (χ2n) is 4.08. The van der Waals surface area contributed by atoms with Gasteiger partial charge in [-0.25, -0.2) is 4.98 Å².